The number of nitrogens with one attached hydrogen (secondary N) is 1. The molecule has 0 bridgehead atoms. The number of hydrogen-bond donors (Lipinski definition) is 2. The van der Waals surface area contributed by atoms with Gasteiger partial charge in [0, 0.05) is 19.3 Å². The smallest absolute Gasteiger partial charge is 0.257 e. The molecule has 2 N–H and O–H groups in total. The molecule has 1 aliphatic heterocycles. The molecule has 1 saturated heterocycles. The van der Waals surface area contributed by atoms with E-state index in [1.165, 1.54) is 6.20 Å². The summed E-state index contributed by atoms with van der Waals surface area (Å²) in [7, 11) is 0. The summed E-state index contributed by atoms with van der Waals surface area (Å²) in [6.45, 7) is 3.69. The first-order chi connectivity index (χ1) is 10.6. The lowest BCUT2D eigenvalue weighted by Crippen LogP contribution is -2.48. The van der Waals surface area contributed by atoms with Crippen molar-refractivity contribution in [2.75, 3.05) is 13.1 Å². The first-order valence-electron chi connectivity index (χ1n) is 7.53. The number of hydrogen-bond acceptors (Lipinski definition) is 5. The quantitative estimate of drug-likeness (QED) is 0.858. The number of aromatic amines is 1. The predicted molar refractivity (Wildman–Crippen MR) is 77.9 cm³/mol. The molecule has 1 atom stereocenters. The molecule has 3 heterocycles. The van der Waals surface area contributed by atoms with E-state index in [4.69, 9.17) is 0 Å². The molecule has 0 saturated carbocycles. The number of rotatable bonds is 4. The van der Waals surface area contributed by atoms with E-state index in [0.717, 1.165) is 19.4 Å². The summed E-state index contributed by atoms with van der Waals surface area (Å²) in [6, 6.07) is 0. The van der Waals surface area contributed by atoms with Gasteiger partial charge in [-0.1, -0.05) is 6.92 Å². The Hall–Kier alpha value is -2.22. The Bertz CT molecular complexity index is 638. The third-order valence-electron chi connectivity index (χ3n) is 3.98. The average Bonchev–Trinajstić information content (AvgIpc) is 3.19. The molecule has 1 fully saturated rings. The number of aliphatic hydroxyl groups is 1. The minimum Gasteiger partial charge on any atom is -0.382 e. The Morgan fingerprint density at radius 2 is 2.36 bits per heavy atom. The summed E-state index contributed by atoms with van der Waals surface area (Å²) in [4.78, 5) is 14.3. The van der Waals surface area contributed by atoms with Crippen molar-refractivity contribution in [2.45, 2.75) is 38.3 Å². The van der Waals surface area contributed by atoms with Gasteiger partial charge in [-0.25, -0.2) is 0 Å². The lowest BCUT2D eigenvalue weighted by atomic mass is 9.90. The van der Waals surface area contributed by atoms with Crippen LogP contribution < -0.4 is 0 Å². The van der Waals surface area contributed by atoms with Crippen LogP contribution in [0.3, 0.4) is 0 Å². The average molecular weight is 304 g/mol. The number of H-pyrrole nitrogens is 1. The highest BCUT2D eigenvalue weighted by Crippen LogP contribution is 2.30. The fourth-order valence-electron chi connectivity index (χ4n) is 2.85. The third-order valence-corrected chi connectivity index (χ3v) is 3.98. The van der Waals surface area contributed by atoms with Crippen LogP contribution in [0.25, 0.3) is 0 Å². The van der Waals surface area contributed by atoms with Crippen LogP contribution in [0.1, 0.15) is 42.2 Å². The van der Waals surface area contributed by atoms with Gasteiger partial charge in [0.15, 0.2) is 0 Å². The summed E-state index contributed by atoms with van der Waals surface area (Å²) in [5, 5.41) is 25.2. The first kappa shape index (κ1) is 14.7. The second-order valence-corrected chi connectivity index (χ2v) is 5.71. The number of piperidine rings is 1. The monoisotopic (exact) mass is 304 g/mol. The second kappa shape index (κ2) is 5.88. The van der Waals surface area contributed by atoms with Crippen molar-refractivity contribution in [2.24, 2.45) is 0 Å². The van der Waals surface area contributed by atoms with E-state index < -0.39 is 5.60 Å². The van der Waals surface area contributed by atoms with Gasteiger partial charge in [0.2, 0.25) is 0 Å². The Morgan fingerprint density at radius 3 is 3.09 bits per heavy atom. The van der Waals surface area contributed by atoms with Crippen LogP contribution in [-0.2, 0) is 12.1 Å². The van der Waals surface area contributed by atoms with Crippen molar-refractivity contribution in [3.8, 4) is 0 Å². The van der Waals surface area contributed by atoms with Gasteiger partial charge in [0.05, 0.1) is 24.5 Å². The molecule has 1 aliphatic rings. The Balaban J connectivity index is 1.75. The number of aromatic nitrogens is 5. The van der Waals surface area contributed by atoms with Crippen LogP contribution >= 0.6 is 0 Å². The molecular weight excluding hydrogens is 284 g/mol. The maximum absolute atomic E-state index is 12.6. The van der Waals surface area contributed by atoms with E-state index in [1.54, 1.807) is 22.0 Å². The topological polar surface area (TPSA) is 99.9 Å². The predicted octanol–water partition coefficient (Wildman–Crippen LogP) is 0.535. The molecule has 0 aromatic carbocycles. The van der Waals surface area contributed by atoms with Crippen LogP contribution in [-0.4, -0.2) is 54.2 Å². The number of amides is 1. The molecule has 0 spiro atoms. The van der Waals surface area contributed by atoms with Gasteiger partial charge in [0.25, 0.3) is 5.91 Å². The summed E-state index contributed by atoms with van der Waals surface area (Å²) in [5.41, 5.74) is -0.107. The van der Waals surface area contributed by atoms with Gasteiger partial charge in [-0.3, -0.25) is 9.48 Å². The maximum Gasteiger partial charge on any atom is 0.257 e. The van der Waals surface area contributed by atoms with Gasteiger partial charge >= 0.3 is 0 Å². The zero-order valence-corrected chi connectivity index (χ0v) is 12.6. The molecule has 2 aromatic rings. The molecule has 0 aliphatic carbocycles. The minimum absolute atomic E-state index is 0.107. The molecule has 0 radical (unpaired) electrons. The number of carbonyl (C=O) groups excluding carboxylic acids is 1. The molecule has 8 heteroatoms. The molecule has 3 rings (SSSR count). The molecule has 118 valence electrons. The highest BCUT2D eigenvalue weighted by Gasteiger charge is 2.39. The summed E-state index contributed by atoms with van der Waals surface area (Å²) >= 11 is 0. The van der Waals surface area contributed by atoms with E-state index in [1.807, 2.05) is 0 Å². The van der Waals surface area contributed by atoms with Crippen LogP contribution in [0.4, 0.5) is 0 Å². The van der Waals surface area contributed by atoms with Crippen molar-refractivity contribution >= 4 is 5.91 Å². The van der Waals surface area contributed by atoms with Gasteiger partial charge in [-0.2, -0.15) is 20.5 Å². The number of likely N-dealkylation sites (tertiary alicyclic amines) is 1. The first-order valence-corrected chi connectivity index (χ1v) is 7.53. The Morgan fingerprint density at radius 1 is 1.50 bits per heavy atom. The highest BCUT2D eigenvalue weighted by atomic mass is 16.3. The zero-order valence-electron chi connectivity index (χ0n) is 12.6. The summed E-state index contributed by atoms with van der Waals surface area (Å²) < 4.78 is 1.76. The fourth-order valence-corrected chi connectivity index (χ4v) is 2.85. The number of β-amino-alcohol motifs (C(OH)–C–C–N with tert-alkyl or cyclic N) is 1. The standard InChI is InChI=1S/C14H20N6O2/c1-2-5-20-9-11(7-16-20)13(21)19-6-3-4-14(22,10-19)12-8-15-18-17-12/h7-9,22H,2-6,10H2,1H3,(H,15,17,18). The van der Waals surface area contributed by atoms with Gasteiger partial charge in [-0.05, 0) is 19.3 Å². The lowest BCUT2D eigenvalue weighted by Gasteiger charge is -2.37. The number of carbonyl (C=O) groups is 1. The Kier molecular flexibility index (Phi) is 3.93. The second-order valence-electron chi connectivity index (χ2n) is 5.71. The van der Waals surface area contributed by atoms with Crippen LogP contribution in [0.5, 0.6) is 0 Å². The molecular formula is C14H20N6O2. The molecule has 2 aromatic heterocycles. The highest BCUT2D eigenvalue weighted by molar-refractivity contribution is 5.93. The van der Waals surface area contributed by atoms with E-state index in [-0.39, 0.29) is 12.5 Å². The van der Waals surface area contributed by atoms with Crippen molar-refractivity contribution in [1.29, 1.82) is 0 Å². The minimum atomic E-state index is -1.14. The van der Waals surface area contributed by atoms with Crippen molar-refractivity contribution < 1.29 is 9.90 Å². The molecule has 1 unspecified atom stereocenters. The largest absolute Gasteiger partial charge is 0.382 e. The van der Waals surface area contributed by atoms with E-state index in [0.29, 0.717) is 24.2 Å². The molecule has 8 nitrogen and oxygen atoms in total. The third kappa shape index (κ3) is 2.74. The SMILES string of the molecule is CCCn1cc(C(=O)N2CCCC(O)(c3cn[nH]n3)C2)cn1. The fraction of sp³-hybridized carbons (Fsp3) is 0.571. The summed E-state index contributed by atoms with van der Waals surface area (Å²) in [5.74, 6) is -0.107. The van der Waals surface area contributed by atoms with E-state index in [2.05, 4.69) is 27.4 Å². The zero-order chi connectivity index (χ0) is 15.6. The van der Waals surface area contributed by atoms with Gasteiger partial charge in [0.1, 0.15) is 11.3 Å². The maximum atomic E-state index is 12.6. The number of nitrogens with zero attached hydrogens (tertiary/aromatic N) is 5. The van der Waals surface area contributed by atoms with E-state index in [9.17, 15) is 9.90 Å². The van der Waals surface area contributed by atoms with Crippen molar-refractivity contribution in [3.05, 3.63) is 29.8 Å². The van der Waals surface area contributed by atoms with Crippen molar-refractivity contribution in [3.63, 3.8) is 0 Å². The number of aryl methyl sites for hydroxylation is 1. The van der Waals surface area contributed by atoms with Crippen LogP contribution in [0, 0.1) is 0 Å². The van der Waals surface area contributed by atoms with Crippen molar-refractivity contribution in [1.82, 2.24) is 30.1 Å². The summed E-state index contributed by atoms with van der Waals surface area (Å²) in [6.07, 6.45) is 7.10. The Labute approximate surface area is 128 Å². The van der Waals surface area contributed by atoms with Gasteiger partial charge in [-0.15, -0.1) is 0 Å². The molecule has 22 heavy (non-hydrogen) atoms. The lowest BCUT2D eigenvalue weighted by molar-refractivity contribution is -0.0320. The normalized spacial score (nSPS) is 22.0. The van der Waals surface area contributed by atoms with Crippen LogP contribution in [0.15, 0.2) is 18.6 Å². The van der Waals surface area contributed by atoms with E-state index >= 15 is 0 Å². The van der Waals surface area contributed by atoms with Crippen LogP contribution in [0.2, 0.25) is 0 Å². The molecule has 1 amide bonds. The van der Waals surface area contributed by atoms with Gasteiger partial charge < -0.3 is 10.0 Å².